The Bertz CT molecular complexity index is 814. The highest BCUT2D eigenvalue weighted by Gasteiger charge is 2.14. The van der Waals surface area contributed by atoms with Crippen LogP contribution in [0.4, 0.5) is 0 Å². The van der Waals surface area contributed by atoms with Crippen molar-refractivity contribution in [3.63, 3.8) is 0 Å². The molecule has 0 aliphatic rings. The zero-order valence-corrected chi connectivity index (χ0v) is 26.8. The number of esters is 1. The zero-order chi connectivity index (χ0) is 29.9. The Hall–Kier alpha value is -2.21. The van der Waals surface area contributed by atoms with Crippen LogP contribution in [0.1, 0.15) is 114 Å². The van der Waals surface area contributed by atoms with Gasteiger partial charge in [0.2, 0.25) is 0 Å². The van der Waals surface area contributed by atoms with Crippen molar-refractivity contribution in [3.05, 3.63) is 71.8 Å². The second-order valence-corrected chi connectivity index (χ2v) is 11.9. The Morgan fingerprint density at radius 1 is 0.595 bits per heavy atom. The van der Waals surface area contributed by atoms with E-state index in [-0.39, 0.29) is 12.1 Å². The van der Waals surface area contributed by atoms with Crippen molar-refractivity contribution in [1.82, 2.24) is 4.90 Å². The van der Waals surface area contributed by atoms with Crippen LogP contribution < -0.4 is 0 Å². The molecule has 0 saturated carbocycles. The van der Waals surface area contributed by atoms with Gasteiger partial charge in [0.25, 0.3) is 0 Å². The average molecular weight is 582 g/mol. The fraction of sp³-hybridized carbons (Fsp3) is 0.649. The fourth-order valence-electron chi connectivity index (χ4n) is 5.14. The van der Waals surface area contributed by atoms with Crippen molar-refractivity contribution in [1.29, 1.82) is 0 Å². The van der Waals surface area contributed by atoms with E-state index < -0.39 is 0 Å². The Kier molecular flexibility index (Phi) is 21.7. The van der Waals surface area contributed by atoms with Gasteiger partial charge in [-0.15, -0.1) is 0 Å². The molecule has 2 aromatic rings. The summed E-state index contributed by atoms with van der Waals surface area (Å²) in [6.07, 6.45) is 17.9. The standard InChI is InChI=1S/C37H59NO4/c1-38(2)29-21-28-37(39)42-36(26-17-7-3-5-9-19-30-40-32-34-22-13-11-14-23-34)27-18-8-4-6-10-20-31-41-33-35-24-15-12-16-25-35/h11-16,22-25,36H,3-10,17-21,26-33H2,1-2H3. The predicted octanol–water partition coefficient (Wildman–Crippen LogP) is 9.14. The van der Waals surface area contributed by atoms with Gasteiger partial charge in [0, 0.05) is 19.6 Å². The maximum Gasteiger partial charge on any atom is 0.306 e. The maximum absolute atomic E-state index is 12.5. The van der Waals surface area contributed by atoms with Gasteiger partial charge in [-0.2, -0.15) is 0 Å². The largest absolute Gasteiger partial charge is 0.462 e. The van der Waals surface area contributed by atoms with Crippen LogP contribution in [0.25, 0.3) is 0 Å². The molecule has 0 spiro atoms. The van der Waals surface area contributed by atoms with E-state index in [0.29, 0.717) is 19.6 Å². The number of benzene rings is 2. The normalized spacial score (nSPS) is 11.4. The van der Waals surface area contributed by atoms with Crippen molar-refractivity contribution in [2.24, 2.45) is 0 Å². The van der Waals surface area contributed by atoms with Crippen LogP contribution in [0.15, 0.2) is 60.7 Å². The molecule has 236 valence electrons. The van der Waals surface area contributed by atoms with Gasteiger partial charge in [-0.3, -0.25) is 4.79 Å². The molecule has 5 heteroatoms. The molecular formula is C37H59NO4. The number of carbonyl (C=O) groups is 1. The minimum atomic E-state index is -0.0205. The van der Waals surface area contributed by atoms with E-state index in [0.717, 1.165) is 64.7 Å². The molecule has 0 aromatic heterocycles. The minimum Gasteiger partial charge on any atom is -0.462 e. The average Bonchev–Trinajstić information content (AvgIpc) is 2.99. The number of ether oxygens (including phenoxy) is 3. The minimum absolute atomic E-state index is 0.0205. The quantitative estimate of drug-likeness (QED) is 0.0778. The van der Waals surface area contributed by atoms with Gasteiger partial charge in [0.15, 0.2) is 0 Å². The first-order chi connectivity index (χ1) is 20.6. The molecule has 0 saturated heterocycles. The van der Waals surface area contributed by atoms with Crippen LogP contribution >= 0.6 is 0 Å². The molecule has 0 bridgehead atoms. The van der Waals surface area contributed by atoms with Gasteiger partial charge >= 0.3 is 5.97 Å². The van der Waals surface area contributed by atoms with E-state index in [9.17, 15) is 4.79 Å². The van der Waals surface area contributed by atoms with Crippen molar-refractivity contribution in [3.8, 4) is 0 Å². The number of rotatable bonds is 27. The molecule has 0 aliphatic heterocycles. The summed E-state index contributed by atoms with van der Waals surface area (Å²) in [6.45, 7) is 4.01. The SMILES string of the molecule is CN(C)CCCC(=O)OC(CCCCCCCCOCc1ccccc1)CCCCCCCCOCc1ccccc1. The van der Waals surface area contributed by atoms with E-state index in [1.807, 2.05) is 26.2 Å². The van der Waals surface area contributed by atoms with Crippen molar-refractivity contribution >= 4 is 5.97 Å². The summed E-state index contributed by atoms with van der Waals surface area (Å²) >= 11 is 0. The number of unbranched alkanes of at least 4 members (excludes halogenated alkanes) is 10. The summed E-state index contributed by atoms with van der Waals surface area (Å²) in [4.78, 5) is 14.6. The van der Waals surface area contributed by atoms with Crippen LogP contribution in [0.5, 0.6) is 0 Å². The van der Waals surface area contributed by atoms with Gasteiger partial charge in [-0.1, -0.05) is 112 Å². The predicted molar refractivity (Wildman–Crippen MR) is 175 cm³/mol. The molecule has 0 fully saturated rings. The lowest BCUT2D eigenvalue weighted by Gasteiger charge is -2.18. The third kappa shape index (κ3) is 20.6. The zero-order valence-electron chi connectivity index (χ0n) is 26.8. The lowest BCUT2D eigenvalue weighted by molar-refractivity contribution is -0.150. The van der Waals surface area contributed by atoms with Crippen molar-refractivity contribution in [2.45, 2.75) is 122 Å². The summed E-state index contributed by atoms with van der Waals surface area (Å²) in [5.74, 6) is -0.0205. The molecule has 0 aliphatic carbocycles. The highest BCUT2D eigenvalue weighted by atomic mass is 16.5. The second-order valence-electron chi connectivity index (χ2n) is 11.9. The molecule has 0 N–H and O–H groups in total. The Morgan fingerprint density at radius 2 is 1.02 bits per heavy atom. The van der Waals surface area contributed by atoms with Crippen molar-refractivity contribution < 1.29 is 19.0 Å². The third-order valence-electron chi connectivity index (χ3n) is 7.64. The van der Waals surface area contributed by atoms with Gasteiger partial charge in [-0.25, -0.2) is 0 Å². The molecule has 42 heavy (non-hydrogen) atoms. The summed E-state index contributed by atoms with van der Waals surface area (Å²) in [5, 5.41) is 0. The number of hydrogen-bond donors (Lipinski definition) is 0. The van der Waals surface area contributed by atoms with E-state index >= 15 is 0 Å². The molecular weight excluding hydrogens is 522 g/mol. The monoisotopic (exact) mass is 581 g/mol. The lowest BCUT2D eigenvalue weighted by atomic mass is 10.0. The molecule has 0 amide bonds. The van der Waals surface area contributed by atoms with Crippen LogP contribution in [0.3, 0.4) is 0 Å². The molecule has 0 radical (unpaired) electrons. The van der Waals surface area contributed by atoms with E-state index in [2.05, 4.69) is 53.4 Å². The number of carbonyl (C=O) groups excluding carboxylic acids is 1. The fourth-order valence-corrected chi connectivity index (χ4v) is 5.14. The maximum atomic E-state index is 12.5. The first-order valence-electron chi connectivity index (χ1n) is 16.7. The first-order valence-corrected chi connectivity index (χ1v) is 16.7. The highest BCUT2D eigenvalue weighted by Crippen LogP contribution is 2.18. The smallest absolute Gasteiger partial charge is 0.306 e. The van der Waals surface area contributed by atoms with Crippen molar-refractivity contribution in [2.75, 3.05) is 33.9 Å². The number of nitrogens with zero attached hydrogens (tertiary/aromatic N) is 1. The van der Waals surface area contributed by atoms with Gasteiger partial charge in [0.05, 0.1) is 13.2 Å². The molecule has 0 atom stereocenters. The molecule has 0 heterocycles. The Balaban J connectivity index is 1.50. The van der Waals surface area contributed by atoms with Gasteiger partial charge in [-0.05, 0) is 76.7 Å². The first kappa shape index (κ1) is 36.0. The Morgan fingerprint density at radius 3 is 1.48 bits per heavy atom. The highest BCUT2D eigenvalue weighted by molar-refractivity contribution is 5.69. The molecule has 2 aromatic carbocycles. The van der Waals surface area contributed by atoms with Crippen LogP contribution in [0, 0.1) is 0 Å². The topological polar surface area (TPSA) is 48.0 Å². The van der Waals surface area contributed by atoms with Gasteiger partial charge < -0.3 is 19.1 Å². The molecule has 2 rings (SSSR count). The van der Waals surface area contributed by atoms with E-state index in [4.69, 9.17) is 14.2 Å². The van der Waals surface area contributed by atoms with Crippen LogP contribution in [-0.2, 0) is 32.2 Å². The summed E-state index contributed by atoms with van der Waals surface area (Å²) < 4.78 is 17.6. The van der Waals surface area contributed by atoms with E-state index in [1.165, 1.54) is 62.5 Å². The molecule has 5 nitrogen and oxygen atoms in total. The van der Waals surface area contributed by atoms with Gasteiger partial charge in [0.1, 0.15) is 6.10 Å². The second kappa shape index (κ2) is 25.3. The van der Waals surface area contributed by atoms with E-state index in [1.54, 1.807) is 0 Å². The summed E-state index contributed by atoms with van der Waals surface area (Å²) in [7, 11) is 4.09. The summed E-state index contributed by atoms with van der Waals surface area (Å²) in [6, 6.07) is 20.8. The Labute approximate surface area is 257 Å². The van der Waals surface area contributed by atoms with Crippen LogP contribution in [0.2, 0.25) is 0 Å². The van der Waals surface area contributed by atoms with Crippen LogP contribution in [-0.4, -0.2) is 50.8 Å². The third-order valence-corrected chi connectivity index (χ3v) is 7.64. The lowest BCUT2D eigenvalue weighted by Crippen LogP contribution is -2.20. The summed E-state index contributed by atoms with van der Waals surface area (Å²) in [5.41, 5.74) is 2.48. The number of hydrogen-bond acceptors (Lipinski definition) is 5. The molecule has 0 unspecified atom stereocenters.